The Balaban J connectivity index is 1.89. The molecule has 25 heavy (non-hydrogen) atoms. The van der Waals surface area contributed by atoms with Gasteiger partial charge in [-0.3, -0.25) is 9.78 Å². The summed E-state index contributed by atoms with van der Waals surface area (Å²) in [7, 11) is 0. The number of pyridine rings is 1. The Bertz CT molecular complexity index is 974. The summed E-state index contributed by atoms with van der Waals surface area (Å²) in [4.78, 5) is 16.0. The molecule has 0 saturated carbocycles. The van der Waals surface area contributed by atoms with Crippen LogP contribution in [0.3, 0.4) is 0 Å². The Labute approximate surface area is 144 Å². The first-order valence-corrected chi connectivity index (χ1v) is 7.39. The molecule has 128 valence electrons. The maximum atomic E-state index is 12.7. The number of nitrogens with zero attached hydrogens (tertiary/aromatic N) is 1. The topological polar surface area (TPSA) is 62.2 Å². The Morgan fingerprint density at radius 1 is 1.12 bits per heavy atom. The fourth-order valence-corrected chi connectivity index (χ4v) is 2.41. The lowest BCUT2D eigenvalue weighted by molar-refractivity contribution is -0.137. The summed E-state index contributed by atoms with van der Waals surface area (Å²) in [5.41, 5.74) is -0.251. The van der Waals surface area contributed by atoms with Gasteiger partial charge in [0.05, 0.1) is 16.6 Å². The first-order valence-electron chi connectivity index (χ1n) is 7.01. The summed E-state index contributed by atoms with van der Waals surface area (Å²) in [5.74, 6) is -0.845. The van der Waals surface area contributed by atoms with Gasteiger partial charge in [-0.1, -0.05) is 17.7 Å². The smallest absolute Gasteiger partial charge is 0.417 e. The summed E-state index contributed by atoms with van der Waals surface area (Å²) in [6.45, 7) is 0. The Morgan fingerprint density at radius 3 is 2.60 bits per heavy atom. The minimum Gasteiger partial charge on any atom is -0.507 e. The molecule has 0 saturated heterocycles. The van der Waals surface area contributed by atoms with Crippen molar-refractivity contribution in [2.75, 3.05) is 5.32 Å². The number of aromatic hydroxyl groups is 1. The molecule has 1 aromatic heterocycles. The number of nitrogens with one attached hydrogen (secondary N) is 1. The number of aromatic nitrogens is 1. The zero-order valence-electron chi connectivity index (χ0n) is 12.4. The lowest BCUT2D eigenvalue weighted by atomic mass is 10.1. The van der Waals surface area contributed by atoms with Crippen molar-refractivity contribution >= 4 is 34.1 Å². The normalized spacial score (nSPS) is 11.5. The van der Waals surface area contributed by atoms with E-state index >= 15 is 0 Å². The van der Waals surface area contributed by atoms with E-state index < -0.39 is 17.6 Å². The van der Waals surface area contributed by atoms with Crippen molar-refractivity contribution in [1.29, 1.82) is 0 Å². The van der Waals surface area contributed by atoms with Crippen LogP contribution in [0.5, 0.6) is 5.75 Å². The van der Waals surface area contributed by atoms with Crippen molar-refractivity contribution in [1.82, 2.24) is 4.98 Å². The van der Waals surface area contributed by atoms with Crippen molar-refractivity contribution in [2.24, 2.45) is 0 Å². The molecule has 4 nitrogen and oxygen atoms in total. The van der Waals surface area contributed by atoms with Gasteiger partial charge in [-0.15, -0.1) is 0 Å². The summed E-state index contributed by atoms with van der Waals surface area (Å²) in [5, 5.41) is 12.8. The second kappa shape index (κ2) is 6.25. The molecule has 3 rings (SSSR count). The number of hydrogen-bond donors (Lipinski definition) is 2. The van der Waals surface area contributed by atoms with Gasteiger partial charge in [-0.2, -0.15) is 13.2 Å². The van der Waals surface area contributed by atoms with Gasteiger partial charge in [0.2, 0.25) is 0 Å². The van der Waals surface area contributed by atoms with Gasteiger partial charge in [-0.25, -0.2) is 0 Å². The Morgan fingerprint density at radius 2 is 1.88 bits per heavy atom. The van der Waals surface area contributed by atoms with Crippen molar-refractivity contribution < 1.29 is 23.1 Å². The molecule has 1 amide bonds. The van der Waals surface area contributed by atoms with E-state index in [4.69, 9.17) is 11.6 Å². The average Bonchev–Trinajstić information content (AvgIpc) is 2.55. The number of benzene rings is 2. The fourth-order valence-electron chi connectivity index (χ4n) is 2.24. The van der Waals surface area contributed by atoms with E-state index in [0.29, 0.717) is 16.6 Å². The van der Waals surface area contributed by atoms with Gasteiger partial charge in [0.25, 0.3) is 5.91 Å². The SMILES string of the molecule is O=C(Nc1ccc2cc(C(F)(F)F)cnc2c1)c1cc(Cl)ccc1O. The van der Waals surface area contributed by atoms with Crippen LogP contribution in [0.25, 0.3) is 10.9 Å². The van der Waals surface area contributed by atoms with Crippen LogP contribution in [0.15, 0.2) is 48.7 Å². The zero-order chi connectivity index (χ0) is 18.2. The number of hydrogen-bond acceptors (Lipinski definition) is 3. The molecule has 0 aliphatic carbocycles. The lowest BCUT2D eigenvalue weighted by Crippen LogP contribution is -2.12. The van der Waals surface area contributed by atoms with Crippen LogP contribution < -0.4 is 5.32 Å². The monoisotopic (exact) mass is 366 g/mol. The maximum absolute atomic E-state index is 12.7. The molecule has 2 N–H and O–H groups in total. The number of halogens is 4. The quantitative estimate of drug-likeness (QED) is 0.680. The third kappa shape index (κ3) is 3.66. The molecule has 0 atom stereocenters. The fraction of sp³-hybridized carbons (Fsp3) is 0.0588. The molecule has 1 heterocycles. The van der Waals surface area contributed by atoms with E-state index in [0.717, 1.165) is 12.3 Å². The van der Waals surface area contributed by atoms with Crippen molar-refractivity contribution in [3.63, 3.8) is 0 Å². The third-order valence-corrected chi connectivity index (χ3v) is 3.71. The van der Waals surface area contributed by atoms with Crippen molar-refractivity contribution in [3.8, 4) is 5.75 Å². The number of carbonyl (C=O) groups excluding carboxylic acids is 1. The summed E-state index contributed by atoms with van der Waals surface area (Å²) < 4.78 is 38.1. The van der Waals surface area contributed by atoms with E-state index in [2.05, 4.69) is 10.3 Å². The van der Waals surface area contributed by atoms with E-state index in [9.17, 15) is 23.1 Å². The lowest BCUT2D eigenvalue weighted by Gasteiger charge is -2.10. The second-order valence-corrected chi connectivity index (χ2v) is 5.68. The van der Waals surface area contributed by atoms with Crippen LogP contribution in [0.1, 0.15) is 15.9 Å². The highest BCUT2D eigenvalue weighted by Crippen LogP contribution is 2.31. The predicted octanol–water partition coefficient (Wildman–Crippen LogP) is 4.86. The van der Waals surface area contributed by atoms with E-state index in [1.54, 1.807) is 0 Å². The van der Waals surface area contributed by atoms with Crippen molar-refractivity contribution in [3.05, 3.63) is 64.8 Å². The molecule has 0 radical (unpaired) electrons. The highest BCUT2D eigenvalue weighted by molar-refractivity contribution is 6.31. The zero-order valence-corrected chi connectivity index (χ0v) is 13.2. The standard InChI is InChI=1S/C17H10ClF3N2O2/c18-11-2-4-15(24)13(6-11)16(25)23-12-3-1-9-5-10(17(19,20)21)8-22-14(9)7-12/h1-8,24H,(H,23,25). The number of amides is 1. The number of rotatable bonds is 2. The predicted molar refractivity (Wildman–Crippen MR) is 87.8 cm³/mol. The molecular formula is C17H10ClF3N2O2. The van der Waals surface area contributed by atoms with Crippen LogP contribution >= 0.6 is 11.6 Å². The molecule has 8 heteroatoms. The molecule has 0 aliphatic heterocycles. The second-order valence-electron chi connectivity index (χ2n) is 5.24. The molecule has 0 unspecified atom stereocenters. The number of alkyl halides is 3. The van der Waals surface area contributed by atoms with E-state index in [1.807, 2.05) is 0 Å². The van der Waals surface area contributed by atoms with Crippen molar-refractivity contribution in [2.45, 2.75) is 6.18 Å². The molecule has 3 aromatic rings. The highest BCUT2D eigenvalue weighted by Gasteiger charge is 2.31. The van der Waals surface area contributed by atoms with Gasteiger partial charge < -0.3 is 10.4 Å². The minimum atomic E-state index is -4.47. The van der Waals surface area contributed by atoms with Gasteiger partial charge in [-0.05, 0) is 36.4 Å². The van der Waals surface area contributed by atoms with Gasteiger partial charge >= 0.3 is 6.18 Å². The van der Waals surface area contributed by atoms with Gasteiger partial charge in [0.1, 0.15) is 5.75 Å². The number of phenolic OH excluding ortho intramolecular Hbond substituents is 1. The molecular weight excluding hydrogens is 357 g/mol. The largest absolute Gasteiger partial charge is 0.507 e. The van der Waals surface area contributed by atoms with Crippen LogP contribution in [0.2, 0.25) is 5.02 Å². The minimum absolute atomic E-state index is 0.0204. The molecule has 0 spiro atoms. The van der Waals surface area contributed by atoms with Crippen LogP contribution in [0.4, 0.5) is 18.9 Å². The summed E-state index contributed by atoms with van der Waals surface area (Å²) in [6.07, 6.45) is -3.74. The third-order valence-electron chi connectivity index (χ3n) is 3.47. The molecule has 0 bridgehead atoms. The number of anilines is 1. The summed E-state index contributed by atoms with van der Waals surface area (Å²) in [6, 6.07) is 9.32. The Hall–Kier alpha value is -2.80. The number of fused-ring (bicyclic) bond motifs is 1. The molecule has 2 aromatic carbocycles. The van der Waals surface area contributed by atoms with Crippen LogP contribution in [-0.4, -0.2) is 16.0 Å². The van der Waals surface area contributed by atoms with Gasteiger partial charge in [0.15, 0.2) is 0 Å². The number of phenols is 1. The van der Waals surface area contributed by atoms with Crippen LogP contribution in [0, 0.1) is 0 Å². The molecule has 0 aliphatic rings. The molecule has 0 fully saturated rings. The van der Waals surface area contributed by atoms with E-state index in [1.165, 1.54) is 36.4 Å². The Kier molecular flexibility index (Phi) is 4.26. The first kappa shape index (κ1) is 17.0. The number of carbonyl (C=O) groups is 1. The van der Waals surface area contributed by atoms with Gasteiger partial charge in [0, 0.05) is 22.3 Å². The van der Waals surface area contributed by atoms with E-state index in [-0.39, 0.29) is 16.3 Å². The van der Waals surface area contributed by atoms with Crippen LogP contribution in [-0.2, 0) is 6.18 Å². The first-order chi connectivity index (χ1) is 11.7. The highest BCUT2D eigenvalue weighted by atomic mass is 35.5. The average molecular weight is 367 g/mol. The summed E-state index contributed by atoms with van der Waals surface area (Å²) >= 11 is 5.80. The maximum Gasteiger partial charge on any atom is 0.417 e.